The number of aromatic carboxylic acids is 1. The highest BCUT2D eigenvalue weighted by atomic mass is 19.1. The summed E-state index contributed by atoms with van der Waals surface area (Å²) in [7, 11) is 0. The highest BCUT2D eigenvalue weighted by Crippen LogP contribution is 2.26. The van der Waals surface area contributed by atoms with Crippen molar-refractivity contribution in [2.45, 2.75) is 25.4 Å². The summed E-state index contributed by atoms with van der Waals surface area (Å²) in [6.07, 6.45) is 5.29. The zero-order valence-corrected chi connectivity index (χ0v) is 13.7. The van der Waals surface area contributed by atoms with E-state index in [1.165, 1.54) is 12.1 Å². The van der Waals surface area contributed by atoms with Crippen LogP contribution in [0.4, 0.5) is 4.39 Å². The molecular formula is C18H19FN4O2. The lowest BCUT2D eigenvalue weighted by molar-refractivity contribution is 0.0688. The zero-order valence-electron chi connectivity index (χ0n) is 13.7. The molecule has 25 heavy (non-hydrogen) atoms. The Labute approximate surface area is 143 Å². The number of carboxylic acids is 1. The van der Waals surface area contributed by atoms with Crippen molar-refractivity contribution >= 4 is 16.9 Å². The third kappa shape index (κ3) is 3.02. The summed E-state index contributed by atoms with van der Waals surface area (Å²) < 4.78 is 16.0. The smallest absolute Gasteiger partial charge is 0.356 e. The zero-order chi connectivity index (χ0) is 17.4. The van der Waals surface area contributed by atoms with Crippen molar-refractivity contribution in [3.05, 3.63) is 53.7 Å². The van der Waals surface area contributed by atoms with Gasteiger partial charge in [-0.1, -0.05) is 0 Å². The van der Waals surface area contributed by atoms with Gasteiger partial charge in [0, 0.05) is 48.5 Å². The Hall–Kier alpha value is -2.67. The molecule has 0 aliphatic carbocycles. The molecule has 7 heteroatoms. The Morgan fingerprint density at radius 2 is 2.08 bits per heavy atom. The Morgan fingerprint density at radius 1 is 1.28 bits per heavy atom. The number of aromatic amines is 1. The number of carboxylic acid groups (broad SMARTS) is 1. The SMILES string of the molecule is O=C(O)c1ccn(C2CCN(Cc3c(F)ccc4[nH]ccc34)CC2)n1. The van der Waals surface area contributed by atoms with Crippen LogP contribution in [0.1, 0.15) is 34.9 Å². The number of H-pyrrole nitrogens is 1. The number of rotatable bonds is 4. The van der Waals surface area contributed by atoms with Crippen LogP contribution in [0.2, 0.25) is 0 Å². The van der Waals surface area contributed by atoms with Gasteiger partial charge in [-0.25, -0.2) is 9.18 Å². The fourth-order valence-electron chi connectivity index (χ4n) is 3.55. The topological polar surface area (TPSA) is 74.2 Å². The van der Waals surface area contributed by atoms with Crippen molar-refractivity contribution in [3.63, 3.8) is 0 Å². The maximum atomic E-state index is 14.3. The van der Waals surface area contributed by atoms with E-state index >= 15 is 0 Å². The molecule has 0 spiro atoms. The van der Waals surface area contributed by atoms with Crippen LogP contribution >= 0.6 is 0 Å². The molecule has 6 nitrogen and oxygen atoms in total. The standard InChI is InChI=1S/C18H19FN4O2/c19-15-1-2-16-13(3-7-20-16)14(15)11-22-8-4-12(5-9-22)23-10-6-17(21-23)18(24)25/h1-3,6-7,10,12,20H,4-5,8-9,11H2,(H,24,25). The summed E-state index contributed by atoms with van der Waals surface area (Å²) in [5.41, 5.74) is 1.75. The van der Waals surface area contributed by atoms with Gasteiger partial charge in [-0.05, 0) is 37.1 Å². The predicted molar refractivity (Wildman–Crippen MR) is 91.0 cm³/mol. The summed E-state index contributed by atoms with van der Waals surface area (Å²) in [6.45, 7) is 2.23. The monoisotopic (exact) mass is 342 g/mol. The van der Waals surface area contributed by atoms with Crippen molar-refractivity contribution in [2.24, 2.45) is 0 Å². The lowest BCUT2D eigenvalue weighted by atomic mass is 10.0. The second kappa shape index (κ2) is 6.33. The molecule has 0 atom stereocenters. The average Bonchev–Trinajstić information content (AvgIpc) is 3.27. The molecule has 1 aliphatic heterocycles. The Bertz CT molecular complexity index is 909. The number of fused-ring (bicyclic) bond motifs is 1. The first-order valence-corrected chi connectivity index (χ1v) is 8.37. The number of hydrogen-bond donors (Lipinski definition) is 2. The molecule has 0 radical (unpaired) electrons. The van der Waals surface area contributed by atoms with Crippen LogP contribution in [-0.2, 0) is 6.54 Å². The van der Waals surface area contributed by atoms with Gasteiger partial charge in [0.2, 0.25) is 0 Å². The first-order chi connectivity index (χ1) is 12.1. The van der Waals surface area contributed by atoms with Crippen LogP contribution in [-0.4, -0.2) is 43.8 Å². The average molecular weight is 342 g/mol. The molecule has 1 aromatic carbocycles. The third-order valence-electron chi connectivity index (χ3n) is 4.93. The van der Waals surface area contributed by atoms with Gasteiger partial charge in [0.25, 0.3) is 0 Å². The van der Waals surface area contributed by atoms with Crippen LogP contribution in [0.15, 0.2) is 36.7 Å². The van der Waals surface area contributed by atoms with Crippen molar-refractivity contribution in [2.75, 3.05) is 13.1 Å². The van der Waals surface area contributed by atoms with Crippen molar-refractivity contribution in [1.82, 2.24) is 19.7 Å². The van der Waals surface area contributed by atoms with E-state index in [9.17, 15) is 9.18 Å². The summed E-state index contributed by atoms with van der Waals surface area (Å²) in [5, 5.41) is 14.0. The van der Waals surface area contributed by atoms with Crippen molar-refractivity contribution in [1.29, 1.82) is 0 Å². The second-order valence-corrected chi connectivity index (χ2v) is 6.46. The first-order valence-electron chi connectivity index (χ1n) is 8.37. The number of nitrogens with zero attached hydrogens (tertiary/aromatic N) is 3. The summed E-state index contributed by atoms with van der Waals surface area (Å²) in [4.78, 5) is 16.3. The predicted octanol–water partition coefficient (Wildman–Crippen LogP) is 3.04. The maximum absolute atomic E-state index is 14.3. The quantitative estimate of drug-likeness (QED) is 0.764. The van der Waals surface area contributed by atoms with Crippen LogP contribution in [0.25, 0.3) is 10.9 Å². The minimum atomic E-state index is -1.01. The van der Waals surface area contributed by atoms with Gasteiger partial charge in [-0.3, -0.25) is 9.58 Å². The van der Waals surface area contributed by atoms with E-state index in [2.05, 4.69) is 15.0 Å². The number of piperidine rings is 1. The summed E-state index contributed by atoms with van der Waals surface area (Å²) in [5.74, 6) is -1.18. The second-order valence-electron chi connectivity index (χ2n) is 6.46. The summed E-state index contributed by atoms with van der Waals surface area (Å²) >= 11 is 0. The number of halogens is 1. The van der Waals surface area contributed by atoms with Crippen molar-refractivity contribution < 1.29 is 14.3 Å². The Kier molecular flexibility index (Phi) is 4.01. The highest BCUT2D eigenvalue weighted by Gasteiger charge is 2.23. The summed E-state index contributed by atoms with van der Waals surface area (Å²) in [6, 6.07) is 6.90. The van der Waals surface area contributed by atoms with Gasteiger partial charge in [0.05, 0.1) is 6.04 Å². The molecule has 1 saturated heterocycles. The largest absolute Gasteiger partial charge is 0.476 e. The molecule has 3 aromatic rings. The first kappa shape index (κ1) is 15.8. The van der Waals surface area contributed by atoms with E-state index in [-0.39, 0.29) is 17.6 Å². The fourth-order valence-corrected chi connectivity index (χ4v) is 3.55. The molecule has 1 fully saturated rings. The van der Waals surface area contributed by atoms with E-state index in [4.69, 9.17) is 5.11 Å². The number of carbonyl (C=O) groups is 1. The molecule has 4 rings (SSSR count). The van der Waals surface area contributed by atoms with Gasteiger partial charge in [0.15, 0.2) is 5.69 Å². The molecule has 0 saturated carbocycles. The normalized spacial score (nSPS) is 16.5. The molecule has 0 bridgehead atoms. The highest BCUT2D eigenvalue weighted by molar-refractivity contribution is 5.85. The number of likely N-dealkylation sites (tertiary alicyclic amines) is 1. The molecule has 2 aromatic heterocycles. The van der Waals surface area contributed by atoms with Gasteiger partial charge < -0.3 is 10.1 Å². The Balaban J connectivity index is 1.44. The van der Waals surface area contributed by atoms with Gasteiger partial charge in [-0.2, -0.15) is 5.10 Å². The minimum absolute atomic E-state index is 0.0728. The van der Waals surface area contributed by atoms with E-state index in [1.54, 1.807) is 16.9 Å². The van der Waals surface area contributed by atoms with Gasteiger partial charge in [-0.15, -0.1) is 0 Å². The molecule has 130 valence electrons. The number of benzene rings is 1. The van der Waals surface area contributed by atoms with Crippen LogP contribution in [0.3, 0.4) is 0 Å². The molecule has 0 amide bonds. The minimum Gasteiger partial charge on any atom is -0.476 e. The van der Waals surface area contributed by atoms with Crippen LogP contribution in [0, 0.1) is 5.82 Å². The van der Waals surface area contributed by atoms with Crippen LogP contribution < -0.4 is 0 Å². The van der Waals surface area contributed by atoms with E-state index in [0.29, 0.717) is 6.54 Å². The van der Waals surface area contributed by atoms with Gasteiger partial charge in [0.1, 0.15) is 5.82 Å². The lowest BCUT2D eigenvalue weighted by Gasteiger charge is -2.32. The van der Waals surface area contributed by atoms with Gasteiger partial charge >= 0.3 is 5.97 Å². The maximum Gasteiger partial charge on any atom is 0.356 e. The van der Waals surface area contributed by atoms with E-state index in [1.807, 2.05) is 12.3 Å². The molecule has 0 unspecified atom stereocenters. The lowest BCUT2D eigenvalue weighted by Crippen LogP contribution is -2.34. The molecular weight excluding hydrogens is 323 g/mol. The molecule has 3 heterocycles. The van der Waals surface area contributed by atoms with Crippen LogP contribution in [0.5, 0.6) is 0 Å². The number of hydrogen-bond acceptors (Lipinski definition) is 3. The van der Waals surface area contributed by atoms with E-state index < -0.39 is 5.97 Å². The van der Waals surface area contributed by atoms with Crippen molar-refractivity contribution in [3.8, 4) is 0 Å². The molecule has 1 aliphatic rings. The number of aromatic nitrogens is 3. The Morgan fingerprint density at radius 3 is 2.80 bits per heavy atom. The third-order valence-corrected chi connectivity index (χ3v) is 4.93. The number of nitrogens with one attached hydrogen (secondary N) is 1. The molecule has 2 N–H and O–H groups in total. The van der Waals surface area contributed by atoms with E-state index in [0.717, 1.165) is 42.4 Å². The fraction of sp³-hybridized carbons (Fsp3) is 0.333.